The van der Waals surface area contributed by atoms with Crippen molar-refractivity contribution in [1.29, 1.82) is 0 Å². The molecule has 0 fully saturated rings. The van der Waals surface area contributed by atoms with Crippen LogP contribution < -0.4 is 14.7 Å². The topological polar surface area (TPSA) is 69.2 Å². The Hall–Kier alpha value is 1.07. The molecule has 0 aromatic carbocycles. The van der Waals surface area contributed by atoms with Crippen LogP contribution in [0.2, 0.25) is 0 Å². The zero-order chi connectivity index (χ0) is 4.50. The van der Waals surface area contributed by atoms with Crippen molar-refractivity contribution < 1.29 is 14.7 Å². The summed E-state index contributed by atoms with van der Waals surface area (Å²) in [6.07, 6.45) is 0. The second-order valence-corrected chi connectivity index (χ2v) is 2.68. The van der Waals surface area contributed by atoms with E-state index in [2.05, 4.69) is 11.8 Å². The molecule has 0 saturated heterocycles. The van der Waals surface area contributed by atoms with Crippen LogP contribution in [0.4, 0.5) is 0 Å². The maximum Gasteiger partial charge on any atom is 0 e. The summed E-state index contributed by atoms with van der Waals surface area (Å²) in [5.74, 6) is 0. The van der Waals surface area contributed by atoms with Crippen LogP contribution in [0.15, 0.2) is 0 Å². The van der Waals surface area contributed by atoms with E-state index < -0.39 is 6.72 Å². The molecule has 6 heavy (non-hydrogen) atoms. The van der Waals surface area contributed by atoms with Gasteiger partial charge in [-0.25, -0.2) is 0 Å². The molecule has 0 aromatic rings. The fourth-order valence-corrected chi connectivity index (χ4v) is 0. The Kier molecular flexibility index (Phi) is 5.28. The smallest absolute Gasteiger partial charge is 0 e. The first kappa shape index (κ1) is 10.1. The quantitative estimate of drug-likeness (QED) is 0.295. The maximum atomic E-state index is 8.92. The fraction of sp³-hybridized carbons (Fsp3) is 0. The van der Waals surface area contributed by atoms with Gasteiger partial charge in [-0.2, -0.15) is 11.8 Å². The molecule has 3 nitrogen and oxygen atoms in total. The Morgan fingerprint density at radius 1 is 1.17 bits per heavy atom. The second kappa shape index (κ2) is 3.12. The van der Waals surface area contributed by atoms with Gasteiger partial charge in [-0.15, -0.1) is 0 Å². The summed E-state index contributed by atoms with van der Waals surface area (Å²) in [7, 11) is 0. The van der Waals surface area contributed by atoms with Crippen LogP contribution in [0.5, 0.6) is 0 Å². The minimum atomic E-state index is -4.56. The van der Waals surface area contributed by atoms with Crippen LogP contribution in [0.1, 0.15) is 0 Å². The predicted molar refractivity (Wildman–Crippen MR) is 20.0 cm³/mol. The van der Waals surface area contributed by atoms with Gasteiger partial charge in [0.05, 0.1) is 0 Å². The van der Waals surface area contributed by atoms with E-state index in [0.717, 1.165) is 0 Å². The van der Waals surface area contributed by atoms with Crippen molar-refractivity contribution in [3.8, 4) is 0 Å². The minimum absolute atomic E-state index is 0. The van der Waals surface area contributed by atoms with Crippen molar-refractivity contribution in [1.82, 2.24) is 0 Å². The van der Waals surface area contributed by atoms with E-state index in [1.807, 2.05) is 0 Å². The van der Waals surface area contributed by atoms with Crippen LogP contribution in [-0.2, 0) is 11.8 Å². The van der Waals surface area contributed by atoms with Crippen LogP contribution >= 0.6 is 6.72 Å². The van der Waals surface area contributed by atoms with Gasteiger partial charge in [0.2, 0.25) is 0 Å². The summed E-state index contributed by atoms with van der Waals surface area (Å²) in [4.78, 5) is 26.8. The Labute approximate surface area is 51.2 Å². The van der Waals surface area contributed by atoms with Crippen molar-refractivity contribution in [3.05, 3.63) is 0 Å². The molecule has 0 aliphatic heterocycles. The van der Waals surface area contributed by atoms with E-state index >= 15 is 0 Å². The van der Waals surface area contributed by atoms with E-state index in [1.165, 1.54) is 0 Å². The van der Waals surface area contributed by atoms with Gasteiger partial charge in [0.1, 0.15) is 0 Å². The first-order chi connectivity index (χ1) is 2.00. The van der Waals surface area contributed by atoms with Crippen molar-refractivity contribution in [2.75, 3.05) is 0 Å². The van der Waals surface area contributed by atoms with Crippen LogP contribution in [0, 0.1) is 0 Å². The molecular formula is GeO3PS-3. The minimum Gasteiger partial charge on any atom is -0.844 e. The molecule has 36 valence electrons. The van der Waals surface area contributed by atoms with E-state index in [9.17, 15) is 0 Å². The monoisotopic (exact) mass is 185 g/mol. The third-order valence-electron chi connectivity index (χ3n) is 0. The Balaban J connectivity index is 0. The average Bonchev–Trinajstić information content (AvgIpc) is 0.722. The van der Waals surface area contributed by atoms with Gasteiger partial charge >= 0.3 is 0 Å². The summed E-state index contributed by atoms with van der Waals surface area (Å²) in [6.45, 7) is -4.56. The summed E-state index contributed by atoms with van der Waals surface area (Å²) >= 11 is 3.27. The summed E-state index contributed by atoms with van der Waals surface area (Å²) < 4.78 is 0. The molecule has 0 atom stereocenters. The van der Waals surface area contributed by atoms with Gasteiger partial charge < -0.3 is 21.4 Å². The SMILES string of the molecule is [Ge].[O-]P([O-])([O-])=S. The average molecular weight is 184 g/mol. The Bertz CT molecular complexity index is 56.9. The molecule has 0 unspecified atom stereocenters. The molecule has 0 N–H and O–H groups in total. The molecule has 4 radical (unpaired) electrons. The fourth-order valence-electron chi connectivity index (χ4n) is 0. The molecule has 0 aromatic heterocycles. The van der Waals surface area contributed by atoms with Crippen molar-refractivity contribution >= 4 is 36.1 Å². The third-order valence-corrected chi connectivity index (χ3v) is 0. The number of hydrogen-bond donors (Lipinski definition) is 0. The van der Waals surface area contributed by atoms with Crippen molar-refractivity contribution in [3.63, 3.8) is 0 Å². The molecule has 0 aliphatic rings. The van der Waals surface area contributed by atoms with Crippen molar-refractivity contribution in [2.24, 2.45) is 0 Å². The molecule has 0 saturated carbocycles. The zero-order valence-corrected chi connectivity index (χ0v) is 6.39. The second-order valence-electron chi connectivity index (χ2n) is 0.447. The zero-order valence-electron chi connectivity index (χ0n) is 2.58. The molecule has 0 aliphatic carbocycles. The van der Waals surface area contributed by atoms with Gasteiger partial charge in [-0.05, 0) is 0 Å². The van der Waals surface area contributed by atoms with Crippen molar-refractivity contribution in [2.45, 2.75) is 0 Å². The Morgan fingerprint density at radius 3 is 1.17 bits per heavy atom. The van der Waals surface area contributed by atoms with Gasteiger partial charge in [0.25, 0.3) is 0 Å². The normalized spacial score (nSPS) is 9.83. The largest absolute Gasteiger partial charge is 0.844 e. The number of rotatable bonds is 0. The van der Waals surface area contributed by atoms with Gasteiger partial charge in [0.15, 0.2) is 0 Å². The third kappa shape index (κ3) is 73.1. The molecule has 0 bridgehead atoms. The molecule has 6 heteroatoms. The van der Waals surface area contributed by atoms with E-state index in [0.29, 0.717) is 0 Å². The van der Waals surface area contributed by atoms with Crippen LogP contribution in [0.3, 0.4) is 0 Å². The summed E-state index contributed by atoms with van der Waals surface area (Å²) in [5.41, 5.74) is 0. The molecule has 0 rings (SSSR count). The maximum absolute atomic E-state index is 8.92. The van der Waals surface area contributed by atoms with E-state index in [-0.39, 0.29) is 17.6 Å². The van der Waals surface area contributed by atoms with Gasteiger partial charge in [-0.3, -0.25) is 0 Å². The van der Waals surface area contributed by atoms with Gasteiger partial charge in [0, 0.05) is 17.6 Å². The standard InChI is InChI=1S/Ge.H3O3PS/c;1-4(2,3)5/h;(H3,1,2,3,5)/p-3. The molecule has 0 spiro atoms. The van der Waals surface area contributed by atoms with E-state index in [4.69, 9.17) is 14.7 Å². The molecule has 0 amide bonds. The van der Waals surface area contributed by atoms with Crippen LogP contribution in [-0.4, -0.2) is 17.6 Å². The first-order valence-corrected chi connectivity index (χ1v) is 3.29. The van der Waals surface area contributed by atoms with Gasteiger partial charge in [-0.1, -0.05) is 0 Å². The predicted octanol–water partition coefficient (Wildman–Crippen LogP) is -3.09. The molecule has 0 heterocycles. The van der Waals surface area contributed by atoms with E-state index in [1.54, 1.807) is 0 Å². The summed E-state index contributed by atoms with van der Waals surface area (Å²) in [5, 5.41) is 0. The number of hydrogen-bond acceptors (Lipinski definition) is 4. The molecular weight excluding hydrogens is 184 g/mol. The Morgan fingerprint density at radius 2 is 1.17 bits per heavy atom. The van der Waals surface area contributed by atoms with Crippen LogP contribution in [0.25, 0.3) is 0 Å². The first-order valence-electron chi connectivity index (χ1n) is 0.730. The summed E-state index contributed by atoms with van der Waals surface area (Å²) in [6, 6.07) is 0.